The summed E-state index contributed by atoms with van der Waals surface area (Å²) < 4.78 is 86.8. The van der Waals surface area contributed by atoms with Crippen LogP contribution < -0.4 is 5.32 Å². The van der Waals surface area contributed by atoms with Crippen LogP contribution in [0.15, 0.2) is 12.1 Å². The smallest absolute Gasteiger partial charge is 0.444 e. The first-order valence-corrected chi connectivity index (χ1v) is 11.0. The third kappa shape index (κ3) is 6.26. The van der Waals surface area contributed by atoms with E-state index in [4.69, 9.17) is 4.74 Å². The van der Waals surface area contributed by atoms with Gasteiger partial charge in [-0.05, 0) is 45.7 Å². The highest BCUT2D eigenvalue weighted by atomic mass is 19.4. The molecule has 0 spiro atoms. The van der Waals surface area contributed by atoms with E-state index in [-0.39, 0.29) is 30.9 Å². The summed E-state index contributed by atoms with van der Waals surface area (Å²) >= 11 is 0. The topological polar surface area (TPSA) is 89.4 Å². The van der Waals surface area contributed by atoms with Crippen LogP contribution >= 0.6 is 0 Å². The highest BCUT2D eigenvalue weighted by Crippen LogP contribution is 2.33. The van der Waals surface area contributed by atoms with Crippen molar-refractivity contribution in [2.75, 3.05) is 6.54 Å². The van der Waals surface area contributed by atoms with E-state index in [1.165, 1.54) is 11.8 Å². The van der Waals surface area contributed by atoms with Gasteiger partial charge in [-0.2, -0.15) is 13.2 Å². The minimum Gasteiger partial charge on any atom is -0.444 e. The Bertz CT molecular complexity index is 1140. The molecule has 36 heavy (non-hydrogen) atoms. The van der Waals surface area contributed by atoms with Crippen molar-refractivity contribution < 1.29 is 40.7 Å². The maximum absolute atomic E-state index is 14.3. The number of ether oxygens (including phenoxy) is 1. The fraction of sp³-hybridized carbons (Fsp3) is 0.545. The van der Waals surface area contributed by atoms with Gasteiger partial charge in [0.2, 0.25) is 11.7 Å². The Kier molecular flexibility index (Phi) is 7.55. The SMILES string of the molecule is C[C@@H]1c2nnc(C(F)(F)F)n2CCN1C(=O)C[C@@H](Cc1cc(F)c(F)cc1F)NC(=O)OC(C)(C)C. The Hall–Kier alpha value is -3.32. The van der Waals surface area contributed by atoms with Crippen LogP contribution in [0.4, 0.5) is 31.1 Å². The largest absolute Gasteiger partial charge is 0.451 e. The van der Waals surface area contributed by atoms with Crippen molar-refractivity contribution in [1.29, 1.82) is 0 Å². The number of alkyl carbamates (subject to hydrolysis) is 1. The van der Waals surface area contributed by atoms with E-state index in [0.29, 0.717) is 12.1 Å². The summed E-state index contributed by atoms with van der Waals surface area (Å²) in [5, 5.41) is 9.22. The number of hydrogen-bond acceptors (Lipinski definition) is 5. The van der Waals surface area contributed by atoms with E-state index in [0.717, 1.165) is 4.57 Å². The molecule has 1 aliphatic rings. The molecule has 14 heteroatoms. The number of benzene rings is 1. The summed E-state index contributed by atoms with van der Waals surface area (Å²) in [5.74, 6) is -5.60. The number of fused-ring (bicyclic) bond motifs is 1. The number of halogens is 6. The lowest BCUT2D eigenvalue weighted by molar-refractivity contribution is -0.148. The maximum Gasteiger partial charge on any atom is 0.451 e. The molecule has 0 bridgehead atoms. The first-order chi connectivity index (χ1) is 16.6. The van der Waals surface area contributed by atoms with Gasteiger partial charge in [0, 0.05) is 31.6 Å². The number of amides is 2. The maximum atomic E-state index is 14.3. The van der Waals surface area contributed by atoms with Gasteiger partial charge >= 0.3 is 12.3 Å². The third-order valence-electron chi connectivity index (χ3n) is 5.46. The molecule has 2 amide bonds. The van der Waals surface area contributed by atoms with Crippen LogP contribution in [0.1, 0.15) is 57.4 Å². The number of rotatable bonds is 5. The van der Waals surface area contributed by atoms with Crippen LogP contribution in [0.2, 0.25) is 0 Å². The predicted octanol–water partition coefficient (Wildman–Crippen LogP) is 4.14. The van der Waals surface area contributed by atoms with E-state index in [2.05, 4.69) is 15.5 Å². The molecule has 198 valence electrons. The fourth-order valence-corrected chi connectivity index (χ4v) is 3.90. The van der Waals surface area contributed by atoms with Gasteiger partial charge in [-0.3, -0.25) is 4.79 Å². The van der Waals surface area contributed by atoms with Crippen LogP contribution in [-0.4, -0.2) is 49.9 Å². The summed E-state index contributed by atoms with van der Waals surface area (Å²) in [4.78, 5) is 26.7. The standard InChI is InChI=1S/C22H25F6N5O3/c1-11-18-30-31-19(22(26,27)28)33(18)6-5-32(11)17(34)9-13(29-20(35)36-21(2,3)4)7-12-8-15(24)16(25)10-14(12)23/h8,10-11,13H,5-7,9H2,1-4H3,(H,29,35)/t11-,13-/m1/s1. The second-order valence-electron chi connectivity index (χ2n) is 9.40. The number of aromatic nitrogens is 3. The summed E-state index contributed by atoms with van der Waals surface area (Å²) in [6.45, 7) is 5.96. The molecule has 0 unspecified atom stereocenters. The molecule has 1 aliphatic heterocycles. The van der Waals surface area contributed by atoms with Crippen LogP contribution in [0, 0.1) is 17.5 Å². The number of carbonyl (C=O) groups excluding carboxylic acids is 2. The fourth-order valence-electron chi connectivity index (χ4n) is 3.90. The summed E-state index contributed by atoms with van der Waals surface area (Å²) in [6, 6.07) is -1.00. The van der Waals surface area contributed by atoms with Crippen LogP contribution in [-0.2, 0) is 28.7 Å². The molecule has 1 aromatic heterocycles. The first kappa shape index (κ1) is 27.3. The zero-order valence-corrected chi connectivity index (χ0v) is 19.9. The average molecular weight is 521 g/mol. The van der Waals surface area contributed by atoms with Gasteiger partial charge in [0.05, 0.1) is 6.04 Å². The van der Waals surface area contributed by atoms with Gasteiger partial charge in [-0.15, -0.1) is 10.2 Å². The molecule has 0 fully saturated rings. The molecule has 0 aliphatic carbocycles. The number of nitrogens with one attached hydrogen (secondary N) is 1. The Labute approximate surface area is 202 Å². The van der Waals surface area contributed by atoms with E-state index >= 15 is 0 Å². The molecular formula is C22H25F6N5O3. The van der Waals surface area contributed by atoms with Crippen molar-refractivity contribution in [3.63, 3.8) is 0 Å². The number of nitrogens with zero attached hydrogens (tertiary/aromatic N) is 4. The molecule has 0 radical (unpaired) electrons. The zero-order valence-electron chi connectivity index (χ0n) is 19.9. The molecular weight excluding hydrogens is 496 g/mol. The number of carbonyl (C=O) groups is 2. The van der Waals surface area contributed by atoms with E-state index in [1.807, 2.05) is 0 Å². The lowest BCUT2D eigenvalue weighted by atomic mass is 10.0. The summed E-state index contributed by atoms with van der Waals surface area (Å²) in [5.41, 5.74) is -1.18. The number of alkyl halides is 3. The molecule has 0 saturated carbocycles. The monoisotopic (exact) mass is 521 g/mol. The highest BCUT2D eigenvalue weighted by Gasteiger charge is 2.42. The quantitative estimate of drug-likeness (QED) is 0.472. The number of hydrogen-bond donors (Lipinski definition) is 1. The molecule has 1 aromatic carbocycles. The van der Waals surface area contributed by atoms with Crippen molar-refractivity contribution >= 4 is 12.0 Å². The Morgan fingerprint density at radius 3 is 2.33 bits per heavy atom. The molecule has 1 N–H and O–H groups in total. The van der Waals surface area contributed by atoms with E-state index < -0.39 is 65.6 Å². The lowest BCUT2D eigenvalue weighted by Gasteiger charge is -2.35. The average Bonchev–Trinajstić information content (AvgIpc) is 3.16. The molecule has 2 atom stereocenters. The van der Waals surface area contributed by atoms with Gasteiger partial charge in [0.15, 0.2) is 17.5 Å². The van der Waals surface area contributed by atoms with Crippen LogP contribution in [0.3, 0.4) is 0 Å². The van der Waals surface area contributed by atoms with Crippen molar-refractivity contribution in [3.8, 4) is 0 Å². The second kappa shape index (κ2) is 9.97. The molecule has 2 aromatic rings. The van der Waals surface area contributed by atoms with Crippen molar-refractivity contribution in [1.82, 2.24) is 25.0 Å². The molecule has 2 heterocycles. The second-order valence-corrected chi connectivity index (χ2v) is 9.40. The Morgan fingerprint density at radius 2 is 1.72 bits per heavy atom. The van der Waals surface area contributed by atoms with E-state index in [1.54, 1.807) is 20.8 Å². The molecule has 3 rings (SSSR count). The summed E-state index contributed by atoms with van der Waals surface area (Å²) in [7, 11) is 0. The van der Waals surface area contributed by atoms with E-state index in [9.17, 15) is 35.9 Å². The van der Waals surface area contributed by atoms with Crippen LogP contribution in [0.5, 0.6) is 0 Å². The predicted molar refractivity (Wildman–Crippen MR) is 113 cm³/mol. The summed E-state index contributed by atoms with van der Waals surface area (Å²) in [6.07, 6.45) is -6.45. The molecule has 8 nitrogen and oxygen atoms in total. The molecule has 0 saturated heterocycles. The van der Waals surface area contributed by atoms with Gasteiger partial charge in [-0.1, -0.05) is 0 Å². The van der Waals surface area contributed by atoms with Gasteiger partial charge in [-0.25, -0.2) is 18.0 Å². The Morgan fingerprint density at radius 1 is 1.08 bits per heavy atom. The normalized spacial score (nSPS) is 16.9. The minimum atomic E-state index is -4.71. The highest BCUT2D eigenvalue weighted by molar-refractivity contribution is 5.78. The van der Waals surface area contributed by atoms with Crippen molar-refractivity contribution in [2.45, 2.75) is 70.9 Å². The minimum absolute atomic E-state index is 0.0646. The third-order valence-corrected chi connectivity index (χ3v) is 5.46. The van der Waals surface area contributed by atoms with Crippen molar-refractivity contribution in [3.05, 3.63) is 46.8 Å². The van der Waals surface area contributed by atoms with Crippen LogP contribution in [0.25, 0.3) is 0 Å². The first-order valence-electron chi connectivity index (χ1n) is 11.0. The van der Waals surface area contributed by atoms with Crippen molar-refractivity contribution in [2.24, 2.45) is 0 Å². The van der Waals surface area contributed by atoms with Gasteiger partial charge in [0.1, 0.15) is 11.4 Å². The zero-order chi connectivity index (χ0) is 27.0. The Balaban J connectivity index is 1.81. The van der Waals surface area contributed by atoms with Gasteiger partial charge < -0.3 is 19.5 Å². The van der Waals surface area contributed by atoms with Gasteiger partial charge in [0.25, 0.3) is 0 Å². The lowest BCUT2D eigenvalue weighted by Crippen LogP contribution is -2.46.